The average molecular weight is 2030 g/mol. The molecule has 0 spiro atoms. The van der Waals surface area contributed by atoms with Crippen molar-refractivity contribution in [1.29, 1.82) is 0 Å². The van der Waals surface area contributed by atoms with E-state index in [1.807, 2.05) is 6.08 Å². The molecule has 8 rings (SSSR count). The molecule has 140 heavy (non-hydrogen) atoms. The van der Waals surface area contributed by atoms with Crippen molar-refractivity contribution in [2.24, 2.45) is 0 Å². The van der Waals surface area contributed by atoms with E-state index in [1.165, 1.54) is 168 Å². The number of nitrogens with one attached hydrogen (secondary N) is 3. The van der Waals surface area contributed by atoms with E-state index >= 15 is 0 Å². The Morgan fingerprint density at radius 3 is 0.929 bits per heavy atom. The molecule has 0 saturated carbocycles. The summed E-state index contributed by atoms with van der Waals surface area (Å²) in [5.74, 6) is -2.30. The van der Waals surface area contributed by atoms with Crippen LogP contribution in [0.25, 0.3) is 0 Å². The molecule has 25 N–H and O–H groups in total. The Labute approximate surface area is 821 Å². The smallest absolute Gasteiger partial charge is 0.220 e. The quantitative estimate of drug-likeness (QED) is 0.0241. The van der Waals surface area contributed by atoms with Crippen molar-refractivity contribution in [2.75, 3.05) is 46.2 Å². The molecule has 0 aliphatic carbocycles. The minimum absolute atomic E-state index is 0.142. The van der Waals surface area contributed by atoms with Crippen LogP contribution in [0.1, 0.15) is 273 Å². The van der Waals surface area contributed by atoms with E-state index in [1.54, 1.807) is 6.08 Å². The van der Waals surface area contributed by atoms with Gasteiger partial charge in [0, 0.05) is 20.3 Å². The Hall–Kier alpha value is -3.37. The van der Waals surface area contributed by atoms with Crippen LogP contribution in [0.5, 0.6) is 0 Å². The first-order valence-electron chi connectivity index (χ1n) is 51.7. The molecule has 44 nitrogen and oxygen atoms in total. The second-order valence-electron chi connectivity index (χ2n) is 39.1. The van der Waals surface area contributed by atoms with E-state index in [4.69, 9.17) is 75.8 Å². The van der Waals surface area contributed by atoms with Crippen molar-refractivity contribution in [3.63, 3.8) is 0 Å². The van der Waals surface area contributed by atoms with Crippen molar-refractivity contribution >= 4 is 17.7 Å². The first-order valence-corrected chi connectivity index (χ1v) is 51.7. The highest BCUT2D eigenvalue weighted by Crippen LogP contribution is 2.42. The fourth-order valence-corrected chi connectivity index (χ4v) is 19.4. The highest BCUT2D eigenvalue weighted by Gasteiger charge is 2.62. The number of carbonyl (C=O) groups is 3. The highest BCUT2D eigenvalue weighted by molar-refractivity contribution is 5.76. The molecule has 44 heteroatoms. The maximum atomic E-state index is 13.7. The topological polar surface area (TPSA) is 680 Å². The molecule has 16 unspecified atom stereocenters. The maximum absolute atomic E-state index is 13.7. The number of aliphatic hydroxyl groups is 22. The zero-order valence-corrected chi connectivity index (χ0v) is 82.4. The van der Waals surface area contributed by atoms with Gasteiger partial charge in [-0.1, -0.05) is 231 Å². The number of allylic oxidation sites excluding steroid dienone is 1. The molecule has 0 aromatic heterocycles. The van der Waals surface area contributed by atoms with Crippen molar-refractivity contribution < 1.29 is 203 Å². The van der Waals surface area contributed by atoms with E-state index in [0.717, 1.165) is 71.6 Å². The highest BCUT2D eigenvalue weighted by atomic mass is 16.8. The summed E-state index contributed by atoms with van der Waals surface area (Å²) in [5, 5.41) is 257. The van der Waals surface area contributed by atoms with Crippen LogP contribution in [0.3, 0.4) is 0 Å². The van der Waals surface area contributed by atoms with Crippen LogP contribution in [0.15, 0.2) is 12.2 Å². The number of amides is 3. The largest absolute Gasteiger partial charge is 0.394 e. The third-order valence-corrected chi connectivity index (χ3v) is 27.9. The predicted molar refractivity (Wildman–Crippen MR) is 493 cm³/mol. The lowest BCUT2D eigenvalue weighted by Crippen LogP contribution is -2.72. The molecule has 8 saturated heterocycles. The van der Waals surface area contributed by atoms with E-state index in [-0.39, 0.29) is 12.3 Å². The first kappa shape index (κ1) is 122. The van der Waals surface area contributed by atoms with Gasteiger partial charge in [-0.3, -0.25) is 14.4 Å². The SMILES string of the molecule is CCCCCCCCCCCCC/C=C/[C@@H](O)[C@H](CO[C@@H]1OC(CO)[C@@H](O[C@@H]2OC(CO)[C@H](O)[C@H](O[C@@H]3OC(CO)[C@@H](O[C@@H]4OC(CO)[C@H](O)[C@H](O[C@@H]5OC(CO)[C@@H](O[C@H]6OC(C)[C@@H](O)C(O)[C@@H]6O)[C@H](O[C@@H]6OC(CO)[C@H](O)[C@H](O)C6O)C5NC(C)=O)C4O)[C@H](O[C@H]4OC(C)[C@@H](O)C(O)[C@@H]4O)C3NC(C)=O)C2O)[C@H](O)C1O)NC(=O)CCCCCCCCCCCCCCCCCCCCCCCCC. The molecule has 0 radical (unpaired) electrons. The van der Waals surface area contributed by atoms with Crippen molar-refractivity contribution in [3.05, 3.63) is 12.2 Å². The monoisotopic (exact) mass is 2020 g/mol. The molecule has 0 aromatic carbocycles. The van der Waals surface area contributed by atoms with Crippen LogP contribution in [0, 0.1) is 0 Å². The fraction of sp³-hybridized carbons (Fsp3) is 0.948. The summed E-state index contributed by atoms with van der Waals surface area (Å²) in [6.45, 7) is 1.82. The summed E-state index contributed by atoms with van der Waals surface area (Å²) in [6, 6.07) is -5.09. The summed E-state index contributed by atoms with van der Waals surface area (Å²) in [4.78, 5) is 40.9. The second kappa shape index (κ2) is 64.2. The standard InChI is InChI=1S/C96H173N3O41/c1-7-9-11-13-15-17-19-21-22-23-24-25-26-27-28-29-30-32-34-36-38-40-42-44-64(109)99-56(57(108)43-41-39-37-35-33-31-20-18-16-14-12-10-8-2)51-125-91-79(122)75(118)82(61(48-103)133-91)134-95-80(123)87(70(113)59(46-101)129-95)139-89-65(97-54(5)106)85(137-93-77(120)73(116)68(111)53(4)127-93)84(63(50-105)132-89)136-96-81(124)88(71(114)60(47-102)130-96)140-90-66(98-55(6)107)86(138-94-78(121)74(117)69(112)58(45-100)128-94)83(62(49-104)131-90)135-92-76(119)72(115)67(110)52(3)126-92/h41,43,52-53,56-63,65-96,100-105,108,110-124H,7-40,42,44-51H2,1-6H3,(H,97,106)(H,98,107)(H,99,109)/b43-41+/t52?,53?,56-,57+,58?,59?,60?,61?,62?,63?,65?,66?,67+,68+,69-,70-,71-,72?,73?,74-,75+,76-,77-,78?,79?,80?,81?,82+,83+,84+,85+,86+,87-,88-,89-,90-,91+,92+,93+,94-,95-,96-/m0/s1. The molecule has 3 amide bonds. The molecule has 8 fully saturated rings. The Kier molecular flexibility index (Phi) is 55.9. The fourth-order valence-electron chi connectivity index (χ4n) is 19.4. The van der Waals surface area contributed by atoms with E-state index in [9.17, 15) is 127 Å². The lowest BCUT2D eigenvalue weighted by Gasteiger charge is -2.52. The molecule has 8 aliphatic heterocycles. The Bertz CT molecular complexity index is 3380. The van der Waals surface area contributed by atoms with E-state index in [2.05, 4.69) is 29.8 Å². The Morgan fingerprint density at radius 1 is 0.293 bits per heavy atom. The lowest BCUT2D eigenvalue weighted by molar-refractivity contribution is -0.400. The van der Waals surface area contributed by atoms with Crippen LogP contribution in [0.2, 0.25) is 0 Å². The van der Waals surface area contributed by atoms with Gasteiger partial charge in [-0.2, -0.15) is 0 Å². The van der Waals surface area contributed by atoms with Crippen LogP contribution < -0.4 is 16.0 Å². The van der Waals surface area contributed by atoms with Crippen LogP contribution in [-0.2, 0) is 90.2 Å². The normalized spacial score (nSPS) is 38.8. The van der Waals surface area contributed by atoms with Crippen LogP contribution in [0.4, 0.5) is 0 Å². The van der Waals surface area contributed by atoms with Gasteiger partial charge in [0.25, 0.3) is 0 Å². The maximum Gasteiger partial charge on any atom is 0.220 e. The summed E-state index contributed by atoms with van der Waals surface area (Å²) in [6.07, 6.45) is -32.7. The molecule has 8 aliphatic rings. The van der Waals surface area contributed by atoms with E-state index < -0.39 is 316 Å². The number of rotatable bonds is 64. The lowest BCUT2D eigenvalue weighted by atomic mass is 9.93. The number of hydrogen-bond acceptors (Lipinski definition) is 41. The first-order chi connectivity index (χ1) is 67.2. The minimum atomic E-state index is -2.46. The van der Waals surface area contributed by atoms with Gasteiger partial charge in [-0.05, 0) is 33.1 Å². The van der Waals surface area contributed by atoms with Crippen LogP contribution in [-0.4, -0.2) is 434 Å². The predicted octanol–water partition coefficient (Wildman–Crippen LogP) is -1.60. The number of aliphatic hydroxyl groups excluding tert-OH is 22. The summed E-state index contributed by atoms with van der Waals surface area (Å²) < 4.78 is 97.9. The summed E-state index contributed by atoms with van der Waals surface area (Å²) in [7, 11) is 0. The Morgan fingerprint density at radius 2 is 0.571 bits per heavy atom. The number of ether oxygens (including phenoxy) is 16. The zero-order chi connectivity index (χ0) is 102. The molecule has 42 atom stereocenters. The van der Waals surface area contributed by atoms with Gasteiger partial charge >= 0.3 is 0 Å². The van der Waals surface area contributed by atoms with Gasteiger partial charge < -0.3 is 204 Å². The second-order valence-corrected chi connectivity index (χ2v) is 39.1. The molecule has 0 bridgehead atoms. The minimum Gasteiger partial charge on any atom is -0.394 e. The van der Waals surface area contributed by atoms with Gasteiger partial charge in [-0.25, -0.2) is 0 Å². The van der Waals surface area contributed by atoms with Crippen molar-refractivity contribution in [2.45, 2.75) is 530 Å². The van der Waals surface area contributed by atoms with Gasteiger partial charge in [0.15, 0.2) is 50.3 Å². The third-order valence-electron chi connectivity index (χ3n) is 27.9. The van der Waals surface area contributed by atoms with Crippen molar-refractivity contribution in [1.82, 2.24) is 16.0 Å². The molecule has 8 heterocycles. The summed E-state index contributed by atoms with van der Waals surface area (Å²) in [5.41, 5.74) is 0. The van der Waals surface area contributed by atoms with Crippen LogP contribution >= 0.6 is 0 Å². The molecular formula is C96H173N3O41. The van der Waals surface area contributed by atoms with Gasteiger partial charge in [0.05, 0.1) is 70.6 Å². The zero-order valence-electron chi connectivity index (χ0n) is 82.4. The molecule has 0 aromatic rings. The number of carbonyl (C=O) groups excluding carboxylic acids is 3. The summed E-state index contributed by atoms with van der Waals surface area (Å²) >= 11 is 0. The number of hydrogen-bond donors (Lipinski definition) is 25. The molecule has 818 valence electrons. The Balaban J connectivity index is 0.958. The van der Waals surface area contributed by atoms with Gasteiger partial charge in [0.2, 0.25) is 17.7 Å². The van der Waals surface area contributed by atoms with E-state index in [0.29, 0.717) is 12.8 Å². The van der Waals surface area contributed by atoms with Gasteiger partial charge in [-0.15, -0.1) is 0 Å². The van der Waals surface area contributed by atoms with Gasteiger partial charge in [0.1, 0.15) is 183 Å². The number of unbranched alkanes of at least 4 members (excludes halogenated alkanes) is 33. The third kappa shape index (κ3) is 36.2. The average Bonchev–Trinajstić information content (AvgIpc) is 0.756. The van der Waals surface area contributed by atoms with Crippen molar-refractivity contribution in [3.8, 4) is 0 Å². The molecular weight excluding hydrogens is 1850 g/mol.